The molecule has 26 heavy (non-hydrogen) atoms. The number of rotatable bonds is 4. The molecule has 0 unspecified atom stereocenters. The molecule has 0 saturated heterocycles. The van der Waals surface area contributed by atoms with E-state index < -0.39 is 27.1 Å². The van der Waals surface area contributed by atoms with Crippen molar-refractivity contribution in [3.05, 3.63) is 29.1 Å². The summed E-state index contributed by atoms with van der Waals surface area (Å²) in [5.74, 6) is -1.85. The molecule has 0 aliphatic rings. The zero-order chi connectivity index (χ0) is 20.0. The summed E-state index contributed by atoms with van der Waals surface area (Å²) in [5, 5.41) is 3.45. The van der Waals surface area contributed by atoms with Gasteiger partial charge in [-0.3, -0.25) is 0 Å². The summed E-state index contributed by atoms with van der Waals surface area (Å²) in [6, 6.07) is 2.42. The van der Waals surface area contributed by atoms with Gasteiger partial charge in [0.25, 0.3) is 5.82 Å². The molecule has 1 aromatic carbocycles. The molecule has 0 saturated carbocycles. The standard InChI is InChI=1S/C15H18F4N4O2S/c1-8(2)10-6-9(3)11(7-12(10)26(19,24)25)23-14(22(4)5)20-13(21-23)15(16,17)18/h6-8H,1-5H3. The van der Waals surface area contributed by atoms with E-state index in [1.165, 1.54) is 25.1 Å². The predicted octanol–water partition coefficient (Wildman–Crippen LogP) is 3.44. The van der Waals surface area contributed by atoms with E-state index in [0.29, 0.717) is 5.56 Å². The fourth-order valence-electron chi connectivity index (χ4n) is 2.47. The van der Waals surface area contributed by atoms with Crippen molar-refractivity contribution in [2.24, 2.45) is 0 Å². The molecule has 0 atom stereocenters. The van der Waals surface area contributed by atoms with Crippen LogP contribution in [0.4, 0.5) is 23.0 Å². The van der Waals surface area contributed by atoms with E-state index in [-0.39, 0.29) is 23.1 Å². The summed E-state index contributed by atoms with van der Waals surface area (Å²) in [4.78, 5) is 4.16. The second kappa shape index (κ2) is 6.53. The van der Waals surface area contributed by atoms with Gasteiger partial charge in [0.2, 0.25) is 5.95 Å². The maximum atomic E-state index is 13.8. The van der Waals surface area contributed by atoms with E-state index in [9.17, 15) is 25.5 Å². The number of halogens is 4. The molecule has 2 aromatic rings. The average molecular weight is 394 g/mol. The van der Waals surface area contributed by atoms with Crippen LogP contribution < -0.4 is 4.90 Å². The summed E-state index contributed by atoms with van der Waals surface area (Å²) in [7, 11) is -2.15. The minimum atomic E-state index is -5.08. The van der Waals surface area contributed by atoms with Gasteiger partial charge in [-0.05, 0) is 30.0 Å². The average Bonchev–Trinajstić information content (AvgIpc) is 2.90. The van der Waals surface area contributed by atoms with Crippen LogP contribution in [0.1, 0.15) is 36.7 Å². The maximum absolute atomic E-state index is 13.8. The first-order valence-electron chi connectivity index (χ1n) is 7.54. The maximum Gasteiger partial charge on any atom is 0.453 e. The molecule has 0 radical (unpaired) electrons. The van der Waals surface area contributed by atoms with Crippen LogP contribution in [0, 0.1) is 6.92 Å². The third-order valence-corrected chi connectivity index (χ3v) is 4.56. The van der Waals surface area contributed by atoms with Crippen LogP contribution in [0.25, 0.3) is 5.69 Å². The van der Waals surface area contributed by atoms with Gasteiger partial charge in [-0.1, -0.05) is 19.9 Å². The Balaban J connectivity index is 2.83. The number of alkyl halides is 3. The van der Waals surface area contributed by atoms with Crippen LogP contribution in [-0.4, -0.2) is 37.3 Å². The monoisotopic (exact) mass is 394 g/mol. The summed E-state index contributed by atoms with van der Waals surface area (Å²) >= 11 is 0. The van der Waals surface area contributed by atoms with Crippen LogP contribution >= 0.6 is 0 Å². The van der Waals surface area contributed by atoms with Crippen molar-refractivity contribution in [1.29, 1.82) is 0 Å². The molecule has 0 aliphatic carbocycles. The lowest BCUT2D eigenvalue weighted by Gasteiger charge is -2.17. The molecule has 1 heterocycles. The van der Waals surface area contributed by atoms with E-state index in [1.54, 1.807) is 20.8 Å². The largest absolute Gasteiger partial charge is 0.453 e. The van der Waals surface area contributed by atoms with Gasteiger partial charge < -0.3 is 4.90 Å². The fraction of sp³-hybridized carbons (Fsp3) is 0.467. The predicted molar refractivity (Wildman–Crippen MR) is 87.8 cm³/mol. The van der Waals surface area contributed by atoms with E-state index in [2.05, 4.69) is 10.1 Å². The first-order chi connectivity index (χ1) is 11.7. The van der Waals surface area contributed by atoms with Crippen molar-refractivity contribution >= 4 is 16.2 Å². The Hall–Kier alpha value is -2.17. The minimum Gasteiger partial charge on any atom is -0.347 e. The van der Waals surface area contributed by atoms with Gasteiger partial charge in [0.1, 0.15) is 4.90 Å². The quantitative estimate of drug-likeness (QED) is 0.587. The number of hydrogen-bond acceptors (Lipinski definition) is 5. The van der Waals surface area contributed by atoms with Crippen LogP contribution in [0.5, 0.6) is 0 Å². The highest BCUT2D eigenvalue weighted by Crippen LogP contribution is 2.33. The van der Waals surface area contributed by atoms with E-state index >= 15 is 0 Å². The Morgan fingerprint density at radius 1 is 1.19 bits per heavy atom. The van der Waals surface area contributed by atoms with Crippen molar-refractivity contribution in [1.82, 2.24) is 14.8 Å². The molecule has 0 bridgehead atoms. The van der Waals surface area contributed by atoms with Crippen LogP contribution in [0.2, 0.25) is 0 Å². The number of aryl methyl sites for hydroxylation is 1. The molecule has 0 amide bonds. The highest BCUT2D eigenvalue weighted by atomic mass is 32.3. The first kappa shape index (κ1) is 20.1. The zero-order valence-corrected chi connectivity index (χ0v) is 15.6. The Labute approximate surface area is 148 Å². The number of anilines is 1. The van der Waals surface area contributed by atoms with Gasteiger partial charge in [-0.15, -0.1) is 8.98 Å². The van der Waals surface area contributed by atoms with Crippen molar-refractivity contribution in [2.75, 3.05) is 19.0 Å². The SMILES string of the molecule is Cc1cc(C(C)C)c(S(=O)(=O)F)cc1-n1nc(C(F)(F)F)nc1N(C)C. The molecule has 2 rings (SSSR count). The lowest BCUT2D eigenvalue weighted by atomic mass is 10.00. The first-order valence-corrected chi connectivity index (χ1v) is 8.93. The minimum absolute atomic E-state index is 0.00248. The lowest BCUT2D eigenvalue weighted by Crippen LogP contribution is -2.16. The van der Waals surface area contributed by atoms with Gasteiger partial charge in [-0.2, -0.15) is 31.3 Å². The van der Waals surface area contributed by atoms with Gasteiger partial charge >= 0.3 is 16.4 Å². The van der Waals surface area contributed by atoms with Crippen molar-refractivity contribution < 1.29 is 25.5 Å². The molecular weight excluding hydrogens is 376 g/mol. The van der Waals surface area contributed by atoms with Gasteiger partial charge in [0, 0.05) is 14.1 Å². The lowest BCUT2D eigenvalue weighted by molar-refractivity contribution is -0.144. The summed E-state index contributed by atoms with van der Waals surface area (Å²) in [5.41, 5.74) is 0.663. The Bertz CT molecular complexity index is 934. The molecule has 0 aliphatic heterocycles. The molecular formula is C15H18F4N4O2S. The number of hydrogen-bond donors (Lipinski definition) is 0. The Morgan fingerprint density at radius 2 is 1.77 bits per heavy atom. The molecule has 0 fully saturated rings. The normalized spacial score (nSPS) is 12.7. The number of aromatic nitrogens is 3. The van der Waals surface area contributed by atoms with E-state index in [1.807, 2.05) is 0 Å². The van der Waals surface area contributed by atoms with Crippen LogP contribution in [0.15, 0.2) is 17.0 Å². The third kappa shape index (κ3) is 3.81. The molecule has 1 aromatic heterocycles. The van der Waals surface area contributed by atoms with Gasteiger partial charge in [0.05, 0.1) is 5.69 Å². The van der Waals surface area contributed by atoms with Crippen LogP contribution in [0.3, 0.4) is 0 Å². The summed E-state index contributed by atoms with van der Waals surface area (Å²) in [6.45, 7) is 4.95. The third-order valence-electron chi connectivity index (χ3n) is 3.68. The summed E-state index contributed by atoms with van der Waals surface area (Å²) in [6.07, 6.45) is -4.78. The van der Waals surface area contributed by atoms with Gasteiger partial charge in [-0.25, -0.2) is 0 Å². The molecule has 0 spiro atoms. The smallest absolute Gasteiger partial charge is 0.347 e. The van der Waals surface area contributed by atoms with Crippen molar-refractivity contribution in [2.45, 2.75) is 37.8 Å². The second-order valence-corrected chi connectivity index (χ2v) is 7.62. The molecule has 11 heteroatoms. The van der Waals surface area contributed by atoms with Crippen molar-refractivity contribution in [3.63, 3.8) is 0 Å². The summed E-state index contributed by atoms with van der Waals surface area (Å²) < 4.78 is 76.6. The molecule has 144 valence electrons. The zero-order valence-electron chi connectivity index (χ0n) is 14.8. The van der Waals surface area contributed by atoms with Crippen molar-refractivity contribution in [3.8, 4) is 5.69 Å². The fourth-order valence-corrected chi connectivity index (χ4v) is 3.29. The number of nitrogens with zero attached hydrogens (tertiary/aromatic N) is 4. The highest BCUT2D eigenvalue weighted by molar-refractivity contribution is 7.86. The second-order valence-electron chi connectivity index (χ2n) is 6.31. The highest BCUT2D eigenvalue weighted by Gasteiger charge is 2.38. The van der Waals surface area contributed by atoms with Gasteiger partial charge in [0.15, 0.2) is 0 Å². The Morgan fingerprint density at radius 3 is 2.19 bits per heavy atom. The van der Waals surface area contributed by atoms with E-state index in [4.69, 9.17) is 0 Å². The van der Waals surface area contributed by atoms with Crippen LogP contribution in [-0.2, 0) is 16.4 Å². The number of benzene rings is 1. The molecule has 6 nitrogen and oxygen atoms in total. The van der Waals surface area contributed by atoms with E-state index in [0.717, 1.165) is 10.7 Å². The Kier molecular flexibility index (Phi) is 5.06. The topological polar surface area (TPSA) is 68.1 Å². The molecule has 0 N–H and O–H groups in total.